The van der Waals surface area contributed by atoms with Crippen LogP contribution in [0.3, 0.4) is 0 Å². The highest BCUT2D eigenvalue weighted by Crippen LogP contribution is 2.50. The summed E-state index contributed by atoms with van der Waals surface area (Å²) in [7, 11) is 0. The van der Waals surface area contributed by atoms with Crippen LogP contribution in [0.2, 0.25) is 0 Å². The molecule has 2 atom stereocenters. The van der Waals surface area contributed by atoms with Gasteiger partial charge in [0.05, 0.1) is 27.8 Å². The zero-order valence-corrected chi connectivity index (χ0v) is 22.6. The molecule has 9 rings (SSSR count). The van der Waals surface area contributed by atoms with Gasteiger partial charge in [-0.05, 0) is 42.0 Å². The van der Waals surface area contributed by atoms with Gasteiger partial charge in [0.25, 0.3) is 0 Å². The second kappa shape index (κ2) is 8.15. The summed E-state index contributed by atoms with van der Waals surface area (Å²) in [6, 6.07) is 32.4. The van der Waals surface area contributed by atoms with Crippen LogP contribution in [0.5, 0.6) is 0 Å². The number of benzene rings is 4. The molecule has 0 spiro atoms. The standard InChI is InChI=1S/C37H26N4/c1-37-20-9-8-13-29(37)35-28-18-17-25(40-31-15-6-3-11-26(31)27-12-4-7-16-32(27)40)22-34(28)41(33(35)19-21-37)36-38-23-24-10-2-5-14-30(24)39-36/h2-23,29H,1H3. The van der Waals surface area contributed by atoms with E-state index in [0.29, 0.717) is 5.95 Å². The predicted molar refractivity (Wildman–Crippen MR) is 169 cm³/mol. The highest BCUT2D eigenvalue weighted by molar-refractivity contribution is 6.09. The lowest BCUT2D eigenvalue weighted by Crippen LogP contribution is -2.24. The van der Waals surface area contributed by atoms with Gasteiger partial charge in [0.2, 0.25) is 5.95 Å². The maximum atomic E-state index is 5.07. The molecule has 3 heterocycles. The molecular weight excluding hydrogens is 500 g/mol. The van der Waals surface area contributed by atoms with Gasteiger partial charge in [-0.25, -0.2) is 9.97 Å². The topological polar surface area (TPSA) is 35.6 Å². The van der Waals surface area contributed by atoms with E-state index in [2.05, 4.69) is 131 Å². The SMILES string of the molecule is CC12C=CC=CC1c1c(n(-c3ncc4ccccc4n3)c3cc(-n4c5ccccc5c5ccccc54)ccc13)C=C2. The Morgan fingerprint density at radius 3 is 2.29 bits per heavy atom. The van der Waals surface area contributed by atoms with E-state index >= 15 is 0 Å². The second-order valence-electron chi connectivity index (χ2n) is 11.4. The first-order valence-corrected chi connectivity index (χ1v) is 14.1. The van der Waals surface area contributed by atoms with Gasteiger partial charge in [0.15, 0.2) is 0 Å². The maximum Gasteiger partial charge on any atom is 0.235 e. The smallest absolute Gasteiger partial charge is 0.235 e. The number of allylic oxidation sites excluding steroid dienone is 5. The lowest BCUT2D eigenvalue weighted by atomic mass is 9.68. The van der Waals surface area contributed by atoms with Crippen molar-refractivity contribution >= 4 is 49.7 Å². The molecule has 0 aliphatic heterocycles. The third-order valence-electron chi connectivity index (χ3n) is 9.00. The summed E-state index contributed by atoms with van der Waals surface area (Å²) >= 11 is 0. The van der Waals surface area contributed by atoms with E-state index in [9.17, 15) is 0 Å². The predicted octanol–water partition coefficient (Wildman–Crippen LogP) is 8.91. The first kappa shape index (κ1) is 22.6. The van der Waals surface area contributed by atoms with Crippen molar-refractivity contribution < 1.29 is 0 Å². The monoisotopic (exact) mass is 526 g/mol. The molecular formula is C37H26N4. The summed E-state index contributed by atoms with van der Waals surface area (Å²) in [5, 5.41) is 4.79. The summed E-state index contributed by atoms with van der Waals surface area (Å²) in [5.74, 6) is 0.925. The Kier molecular flexibility index (Phi) is 4.49. The highest BCUT2D eigenvalue weighted by atomic mass is 15.2. The molecule has 2 aliphatic carbocycles. The zero-order valence-electron chi connectivity index (χ0n) is 22.6. The lowest BCUT2D eigenvalue weighted by molar-refractivity contribution is 0.481. The number of para-hydroxylation sites is 3. The fourth-order valence-electron chi connectivity index (χ4n) is 7.01. The van der Waals surface area contributed by atoms with E-state index in [-0.39, 0.29) is 11.3 Å². The number of nitrogens with zero attached hydrogens (tertiary/aromatic N) is 4. The number of hydrogen-bond acceptors (Lipinski definition) is 2. The molecule has 4 aromatic carbocycles. The molecule has 0 N–H and O–H groups in total. The molecule has 2 aliphatic rings. The van der Waals surface area contributed by atoms with Crippen molar-refractivity contribution in [2.24, 2.45) is 5.41 Å². The van der Waals surface area contributed by atoms with E-state index in [0.717, 1.165) is 27.8 Å². The molecule has 7 aromatic rings. The van der Waals surface area contributed by atoms with Gasteiger partial charge in [0, 0.05) is 44.8 Å². The van der Waals surface area contributed by atoms with Crippen molar-refractivity contribution in [2.45, 2.75) is 12.8 Å². The van der Waals surface area contributed by atoms with Crippen molar-refractivity contribution in [1.82, 2.24) is 19.1 Å². The fraction of sp³-hybridized carbons (Fsp3) is 0.0811. The van der Waals surface area contributed by atoms with Crippen molar-refractivity contribution in [2.75, 3.05) is 0 Å². The highest BCUT2D eigenvalue weighted by Gasteiger charge is 2.38. The first-order valence-electron chi connectivity index (χ1n) is 14.1. The van der Waals surface area contributed by atoms with Gasteiger partial charge < -0.3 is 4.57 Å². The van der Waals surface area contributed by atoms with Crippen LogP contribution in [0.25, 0.3) is 61.3 Å². The Morgan fingerprint density at radius 2 is 1.46 bits per heavy atom. The molecule has 0 saturated heterocycles. The average molecular weight is 527 g/mol. The van der Waals surface area contributed by atoms with Gasteiger partial charge in [0.1, 0.15) is 0 Å². The van der Waals surface area contributed by atoms with Crippen LogP contribution in [0.4, 0.5) is 0 Å². The summed E-state index contributed by atoms with van der Waals surface area (Å²) in [6.07, 6.45) is 15.5. The minimum Gasteiger partial charge on any atom is -0.309 e. The third kappa shape index (κ3) is 3.10. The first-order chi connectivity index (χ1) is 20.2. The summed E-state index contributed by atoms with van der Waals surface area (Å²) < 4.78 is 4.64. The maximum absolute atomic E-state index is 5.07. The minimum absolute atomic E-state index is 0.0728. The molecule has 0 amide bonds. The number of aromatic nitrogens is 4. The molecule has 0 radical (unpaired) electrons. The summed E-state index contributed by atoms with van der Waals surface area (Å²) in [6.45, 7) is 2.32. The van der Waals surface area contributed by atoms with Gasteiger partial charge in [-0.3, -0.25) is 4.57 Å². The molecule has 194 valence electrons. The Bertz CT molecular complexity index is 2240. The van der Waals surface area contributed by atoms with Crippen LogP contribution in [0.15, 0.2) is 128 Å². The quantitative estimate of drug-likeness (QED) is 0.225. The Labute approximate surface area is 237 Å². The van der Waals surface area contributed by atoms with Gasteiger partial charge in [-0.15, -0.1) is 0 Å². The van der Waals surface area contributed by atoms with Crippen molar-refractivity contribution in [3.63, 3.8) is 0 Å². The molecule has 4 heteroatoms. The van der Waals surface area contributed by atoms with E-state index in [1.54, 1.807) is 0 Å². The Hall–Kier alpha value is -5.22. The largest absolute Gasteiger partial charge is 0.309 e. The van der Waals surface area contributed by atoms with Crippen LogP contribution in [0.1, 0.15) is 24.1 Å². The second-order valence-corrected chi connectivity index (χ2v) is 11.4. The number of hydrogen-bond donors (Lipinski definition) is 0. The van der Waals surface area contributed by atoms with E-state index in [1.165, 1.54) is 32.8 Å². The molecule has 2 unspecified atom stereocenters. The van der Waals surface area contributed by atoms with Gasteiger partial charge in [-0.1, -0.05) is 98.0 Å². The number of rotatable bonds is 2. The molecule has 41 heavy (non-hydrogen) atoms. The van der Waals surface area contributed by atoms with E-state index < -0.39 is 0 Å². The molecule has 3 aromatic heterocycles. The number of fused-ring (bicyclic) bond motifs is 9. The van der Waals surface area contributed by atoms with Crippen LogP contribution in [-0.2, 0) is 0 Å². The van der Waals surface area contributed by atoms with E-state index in [1.807, 2.05) is 18.3 Å². The van der Waals surface area contributed by atoms with Crippen LogP contribution < -0.4 is 0 Å². The van der Waals surface area contributed by atoms with Crippen molar-refractivity contribution in [1.29, 1.82) is 0 Å². The Morgan fingerprint density at radius 1 is 0.707 bits per heavy atom. The van der Waals surface area contributed by atoms with E-state index in [4.69, 9.17) is 9.97 Å². The fourth-order valence-corrected chi connectivity index (χ4v) is 7.01. The van der Waals surface area contributed by atoms with Crippen LogP contribution in [0, 0.1) is 5.41 Å². The summed E-state index contributed by atoms with van der Waals surface area (Å²) in [5.41, 5.74) is 7.98. The minimum atomic E-state index is -0.0728. The molecule has 0 saturated carbocycles. The lowest BCUT2D eigenvalue weighted by Gasteiger charge is -2.36. The van der Waals surface area contributed by atoms with Crippen molar-refractivity contribution in [3.05, 3.63) is 139 Å². The normalized spacial score (nSPS) is 19.4. The van der Waals surface area contributed by atoms with Crippen LogP contribution >= 0.6 is 0 Å². The molecule has 4 nitrogen and oxygen atoms in total. The third-order valence-corrected chi connectivity index (χ3v) is 9.00. The molecule has 0 bridgehead atoms. The average Bonchev–Trinajstić information content (AvgIpc) is 3.53. The summed E-state index contributed by atoms with van der Waals surface area (Å²) in [4.78, 5) is 9.97. The van der Waals surface area contributed by atoms with Gasteiger partial charge >= 0.3 is 0 Å². The molecule has 0 fully saturated rings. The zero-order chi connectivity index (χ0) is 27.1. The van der Waals surface area contributed by atoms with Crippen LogP contribution in [-0.4, -0.2) is 19.1 Å². The van der Waals surface area contributed by atoms with Gasteiger partial charge in [-0.2, -0.15) is 0 Å². The Balaban J connectivity index is 1.38. The van der Waals surface area contributed by atoms with Crippen molar-refractivity contribution in [3.8, 4) is 11.6 Å².